The molecule has 1 fully saturated rings. The van der Waals surface area contributed by atoms with Gasteiger partial charge < -0.3 is 9.84 Å². The van der Waals surface area contributed by atoms with Crippen LogP contribution in [-0.4, -0.2) is 23.9 Å². The van der Waals surface area contributed by atoms with Crippen molar-refractivity contribution in [1.82, 2.24) is 0 Å². The molecule has 48 valence electrons. The minimum atomic E-state index is -0.486. The van der Waals surface area contributed by atoms with E-state index in [1.165, 1.54) is 0 Å². The Kier molecular flexibility index (Phi) is 1.54. The maximum Gasteiger partial charge on any atom is 0.0899 e. The minimum absolute atomic E-state index is 0.486. The third-order valence-electron chi connectivity index (χ3n) is 1.74. The fourth-order valence-corrected chi connectivity index (χ4v) is 0.875. The molecule has 1 atom stereocenters. The lowest BCUT2D eigenvalue weighted by molar-refractivity contribution is 0.0235. The van der Waals surface area contributed by atoms with Gasteiger partial charge in [0.2, 0.25) is 0 Å². The van der Waals surface area contributed by atoms with E-state index in [0.717, 1.165) is 19.4 Å². The van der Waals surface area contributed by atoms with Gasteiger partial charge in [0.25, 0.3) is 0 Å². The van der Waals surface area contributed by atoms with Gasteiger partial charge in [0, 0.05) is 13.0 Å². The summed E-state index contributed by atoms with van der Waals surface area (Å²) in [5, 5.41) is 9.38. The van der Waals surface area contributed by atoms with Crippen molar-refractivity contribution in [3.05, 3.63) is 0 Å². The predicted octanol–water partition coefficient (Wildman–Crippen LogP) is 0.548. The first-order valence-electron chi connectivity index (χ1n) is 3.07. The number of ether oxygens (including phenoxy) is 1. The second kappa shape index (κ2) is 2.03. The van der Waals surface area contributed by atoms with Crippen LogP contribution in [0.15, 0.2) is 0 Å². The van der Waals surface area contributed by atoms with E-state index >= 15 is 0 Å². The number of aliphatic hydroxyl groups is 1. The molecule has 2 nitrogen and oxygen atoms in total. The molecule has 1 aliphatic rings. The van der Waals surface area contributed by atoms with E-state index in [2.05, 4.69) is 0 Å². The van der Waals surface area contributed by atoms with Gasteiger partial charge in [-0.15, -0.1) is 0 Å². The second-order valence-electron chi connectivity index (χ2n) is 2.38. The highest BCUT2D eigenvalue weighted by atomic mass is 16.5. The van der Waals surface area contributed by atoms with Crippen LogP contribution in [-0.2, 0) is 4.74 Å². The molecule has 1 rings (SSSR count). The van der Waals surface area contributed by atoms with Gasteiger partial charge in [-0.1, -0.05) is 6.92 Å². The highest BCUT2D eigenvalue weighted by molar-refractivity contribution is 4.80. The van der Waals surface area contributed by atoms with Gasteiger partial charge in [-0.25, -0.2) is 0 Å². The van der Waals surface area contributed by atoms with Crippen LogP contribution >= 0.6 is 0 Å². The Morgan fingerprint density at radius 1 is 1.75 bits per heavy atom. The molecular weight excluding hydrogens is 104 g/mol. The minimum Gasteiger partial charge on any atom is -0.387 e. The van der Waals surface area contributed by atoms with Crippen molar-refractivity contribution in [1.29, 1.82) is 0 Å². The molecular formula is C6H12O2. The molecule has 0 amide bonds. The van der Waals surface area contributed by atoms with Gasteiger partial charge in [0.05, 0.1) is 12.2 Å². The van der Waals surface area contributed by atoms with E-state index in [4.69, 9.17) is 4.74 Å². The van der Waals surface area contributed by atoms with Crippen LogP contribution in [0.4, 0.5) is 0 Å². The summed E-state index contributed by atoms with van der Waals surface area (Å²) in [4.78, 5) is 0. The Hall–Kier alpha value is -0.0800. The van der Waals surface area contributed by atoms with Gasteiger partial charge in [-0.2, -0.15) is 0 Å². The number of hydrogen-bond donors (Lipinski definition) is 1. The molecule has 1 N–H and O–H groups in total. The van der Waals surface area contributed by atoms with E-state index < -0.39 is 5.60 Å². The maximum absolute atomic E-state index is 9.38. The molecule has 1 heterocycles. The van der Waals surface area contributed by atoms with E-state index in [-0.39, 0.29) is 0 Å². The van der Waals surface area contributed by atoms with Crippen LogP contribution in [0.5, 0.6) is 0 Å². The molecule has 0 aromatic heterocycles. The molecule has 1 saturated heterocycles. The normalized spacial score (nSPS) is 38.2. The van der Waals surface area contributed by atoms with Crippen molar-refractivity contribution in [2.75, 3.05) is 13.2 Å². The summed E-state index contributed by atoms with van der Waals surface area (Å²) in [5.74, 6) is 0. The zero-order valence-electron chi connectivity index (χ0n) is 5.18. The largest absolute Gasteiger partial charge is 0.387 e. The van der Waals surface area contributed by atoms with E-state index in [1.807, 2.05) is 6.92 Å². The third-order valence-corrected chi connectivity index (χ3v) is 1.74. The Morgan fingerprint density at radius 3 is 2.75 bits per heavy atom. The van der Waals surface area contributed by atoms with Crippen molar-refractivity contribution < 1.29 is 9.84 Å². The molecule has 0 aliphatic carbocycles. The van der Waals surface area contributed by atoms with Crippen LogP contribution in [0.3, 0.4) is 0 Å². The van der Waals surface area contributed by atoms with E-state index in [9.17, 15) is 5.11 Å². The quantitative estimate of drug-likeness (QED) is 0.542. The molecule has 2 heteroatoms. The zero-order chi connectivity index (χ0) is 6.04. The van der Waals surface area contributed by atoms with Gasteiger partial charge in [-0.05, 0) is 6.42 Å². The Balaban J connectivity index is 2.40. The van der Waals surface area contributed by atoms with E-state index in [0.29, 0.717) is 6.61 Å². The van der Waals surface area contributed by atoms with Crippen molar-refractivity contribution in [2.24, 2.45) is 0 Å². The van der Waals surface area contributed by atoms with Gasteiger partial charge in [0.15, 0.2) is 0 Å². The van der Waals surface area contributed by atoms with Crippen molar-refractivity contribution in [3.8, 4) is 0 Å². The highest BCUT2D eigenvalue weighted by Gasteiger charge is 2.29. The molecule has 0 aromatic rings. The zero-order valence-corrected chi connectivity index (χ0v) is 5.18. The summed E-state index contributed by atoms with van der Waals surface area (Å²) in [6, 6.07) is 0. The average molecular weight is 116 g/mol. The lowest BCUT2D eigenvalue weighted by Crippen LogP contribution is -2.26. The van der Waals surface area contributed by atoms with Crippen LogP contribution in [0.1, 0.15) is 19.8 Å². The van der Waals surface area contributed by atoms with Crippen LogP contribution in [0.2, 0.25) is 0 Å². The standard InChI is InChI=1S/C6H12O2/c1-2-6(7)3-4-8-5-6/h7H,2-5H2,1H3/t6-/m1/s1. The van der Waals surface area contributed by atoms with Crippen LogP contribution in [0, 0.1) is 0 Å². The lowest BCUT2D eigenvalue weighted by atomic mass is 10.0. The number of hydrogen-bond acceptors (Lipinski definition) is 2. The SMILES string of the molecule is CC[C@@]1(O)CCOC1. The Morgan fingerprint density at radius 2 is 2.50 bits per heavy atom. The molecule has 0 radical (unpaired) electrons. The topological polar surface area (TPSA) is 29.5 Å². The highest BCUT2D eigenvalue weighted by Crippen LogP contribution is 2.20. The first-order chi connectivity index (χ1) is 3.77. The predicted molar refractivity (Wildman–Crippen MR) is 30.7 cm³/mol. The van der Waals surface area contributed by atoms with Crippen LogP contribution < -0.4 is 0 Å². The molecule has 0 spiro atoms. The maximum atomic E-state index is 9.38. The fraction of sp³-hybridized carbons (Fsp3) is 1.00. The summed E-state index contributed by atoms with van der Waals surface area (Å²) >= 11 is 0. The summed E-state index contributed by atoms with van der Waals surface area (Å²) in [6.45, 7) is 3.24. The lowest BCUT2D eigenvalue weighted by Gasteiger charge is -2.16. The van der Waals surface area contributed by atoms with Crippen LogP contribution in [0.25, 0.3) is 0 Å². The molecule has 0 bridgehead atoms. The van der Waals surface area contributed by atoms with Gasteiger partial charge in [-0.3, -0.25) is 0 Å². The Bertz CT molecular complexity index is 74.6. The molecule has 1 aliphatic heterocycles. The fourth-order valence-electron chi connectivity index (χ4n) is 0.875. The average Bonchev–Trinajstić information content (AvgIpc) is 2.17. The van der Waals surface area contributed by atoms with Crippen molar-refractivity contribution in [2.45, 2.75) is 25.4 Å². The first-order valence-corrected chi connectivity index (χ1v) is 3.07. The number of rotatable bonds is 1. The summed E-state index contributed by atoms with van der Waals surface area (Å²) in [7, 11) is 0. The molecule has 8 heavy (non-hydrogen) atoms. The summed E-state index contributed by atoms with van der Waals surface area (Å²) < 4.78 is 5.00. The van der Waals surface area contributed by atoms with Crippen molar-refractivity contribution in [3.63, 3.8) is 0 Å². The molecule has 0 aromatic carbocycles. The van der Waals surface area contributed by atoms with Gasteiger partial charge in [0.1, 0.15) is 0 Å². The second-order valence-corrected chi connectivity index (χ2v) is 2.38. The summed E-state index contributed by atoms with van der Waals surface area (Å²) in [6.07, 6.45) is 1.62. The van der Waals surface area contributed by atoms with Crippen molar-refractivity contribution >= 4 is 0 Å². The Labute approximate surface area is 49.5 Å². The molecule has 0 unspecified atom stereocenters. The summed E-state index contributed by atoms with van der Waals surface area (Å²) in [5.41, 5.74) is -0.486. The van der Waals surface area contributed by atoms with Gasteiger partial charge >= 0.3 is 0 Å². The van der Waals surface area contributed by atoms with E-state index in [1.54, 1.807) is 0 Å². The molecule has 0 saturated carbocycles. The smallest absolute Gasteiger partial charge is 0.0899 e. The first kappa shape index (κ1) is 6.05. The third kappa shape index (κ3) is 1.01. The monoisotopic (exact) mass is 116 g/mol.